The molecule has 1 unspecified atom stereocenters. The van der Waals surface area contributed by atoms with Gasteiger partial charge in [-0.3, -0.25) is 0 Å². The normalized spacial score (nSPS) is 19.6. The summed E-state index contributed by atoms with van der Waals surface area (Å²) >= 11 is 0. The quantitative estimate of drug-likeness (QED) is 0.870. The lowest BCUT2D eigenvalue weighted by molar-refractivity contribution is 0.321. The van der Waals surface area contributed by atoms with E-state index in [1.165, 1.54) is 20.3 Å². The van der Waals surface area contributed by atoms with Crippen LogP contribution in [-0.2, 0) is 0 Å². The van der Waals surface area contributed by atoms with Gasteiger partial charge in [0.1, 0.15) is 0 Å². The van der Waals surface area contributed by atoms with Gasteiger partial charge in [-0.25, -0.2) is 4.39 Å². The fraction of sp³-hybridized carbons (Fsp3) is 0.538. The summed E-state index contributed by atoms with van der Waals surface area (Å²) in [5.41, 5.74) is 0.356. The van der Waals surface area contributed by atoms with Crippen molar-refractivity contribution in [3.8, 4) is 17.2 Å². The molecule has 1 aliphatic heterocycles. The molecule has 0 aromatic heterocycles. The number of methoxy groups -OCH3 is 2. The number of halogens is 1. The molecule has 1 aromatic carbocycles. The number of phenols is 1. The van der Waals surface area contributed by atoms with Crippen molar-refractivity contribution in [3.05, 3.63) is 17.4 Å². The smallest absolute Gasteiger partial charge is 0.173 e. The maximum atomic E-state index is 14.1. The predicted octanol–water partition coefficient (Wildman–Crippen LogP) is 2.36. The third-order valence-electron chi connectivity index (χ3n) is 3.28. The summed E-state index contributed by atoms with van der Waals surface area (Å²) in [5, 5.41) is 12.9. The standard InChI is InChI=1S/C13H18FNO3/c1-17-10-7-9(16)12(14)11(13(10)18-2)8-5-3-4-6-15-8/h7-8,15-16H,3-6H2,1-2H3. The van der Waals surface area contributed by atoms with Gasteiger partial charge in [-0.2, -0.15) is 0 Å². The van der Waals surface area contributed by atoms with Crippen molar-refractivity contribution in [3.63, 3.8) is 0 Å². The molecule has 100 valence electrons. The van der Waals surface area contributed by atoms with Crippen molar-refractivity contribution in [2.75, 3.05) is 20.8 Å². The van der Waals surface area contributed by atoms with Crippen molar-refractivity contribution >= 4 is 0 Å². The average molecular weight is 255 g/mol. The van der Waals surface area contributed by atoms with Crippen LogP contribution in [0.5, 0.6) is 17.2 Å². The molecule has 1 aliphatic rings. The number of piperidine rings is 1. The molecule has 0 spiro atoms. The zero-order valence-electron chi connectivity index (χ0n) is 10.6. The number of phenolic OH excluding ortho intramolecular Hbond substituents is 1. The molecule has 2 N–H and O–H groups in total. The Kier molecular flexibility index (Phi) is 3.91. The molecular weight excluding hydrogens is 237 g/mol. The van der Waals surface area contributed by atoms with E-state index in [1.54, 1.807) is 0 Å². The van der Waals surface area contributed by atoms with Gasteiger partial charge in [0.05, 0.1) is 19.8 Å². The SMILES string of the molecule is COc1cc(O)c(F)c(C2CCCCN2)c1OC. The van der Waals surface area contributed by atoms with E-state index in [0.29, 0.717) is 17.1 Å². The second kappa shape index (κ2) is 5.44. The molecule has 0 bridgehead atoms. The zero-order chi connectivity index (χ0) is 13.1. The Labute approximate surface area is 106 Å². The summed E-state index contributed by atoms with van der Waals surface area (Å²) in [4.78, 5) is 0. The van der Waals surface area contributed by atoms with Gasteiger partial charge in [0.15, 0.2) is 23.1 Å². The molecule has 4 nitrogen and oxygen atoms in total. The molecule has 0 radical (unpaired) electrons. The van der Waals surface area contributed by atoms with Crippen LogP contribution in [0.2, 0.25) is 0 Å². The minimum Gasteiger partial charge on any atom is -0.505 e. The highest BCUT2D eigenvalue weighted by Crippen LogP contribution is 2.42. The molecule has 1 saturated heterocycles. The summed E-state index contributed by atoms with van der Waals surface area (Å²) in [6, 6.07) is 1.09. The molecule has 1 fully saturated rings. The first kappa shape index (κ1) is 13.0. The number of rotatable bonds is 3. The molecule has 2 rings (SSSR count). The van der Waals surface area contributed by atoms with Crippen molar-refractivity contribution in [2.45, 2.75) is 25.3 Å². The number of benzene rings is 1. The van der Waals surface area contributed by atoms with Gasteiger partial charge >= 0.3 is 0 Å². The number of hydrogen-bond donors (Lipinski definition) is 2. The molecule has 1 atom stereocenters. The summed E-state index contributed by atoms with van der Waals surface area (Å²) in [6.45, 7) is 0.839. The lowest BCUT2D eigenvalue weighted by Gasteiger charge is -2.26. The lowest BCUT2D eigenvalue weighted by atomic mass is 9.95. The van der Waals surface area contributed by atoms with E-state index in [1.807, 2.05) is 0 Å². The molecule has 5 heteroatoms. The molecule has 0 amide bonds. The molecule has 0 aliphatic carbocycles. The second-order valence-corrected chi connectivity index (χ2v) is 4.36. The largest absolute Gasteiger partial charge is 0.505 e. The van der Waals surface area contributed by atoms with Crippen molar-refractivity contribution < 1.29 is 19.0 Å². The van der Waals surface area contributed by atoms with Gasteiger partial charge in [-0.1, -0.05) is 6.42 Å². The van der Waals surface area contributed by atoms with E-state index < -0.39 is 11.6 Å². The summed E-state index contributed by atoms with van der Waals surface area (Å²) in [7, 11) is 2.94. The van der Waals surface area contributed by atoms with E-state index in [0.717, 1.165) is 25.8 Å². The van der Waals surface area contributed by atoms with Crippen LogP contribution in [0.25, 0.3) is 0 Å². The Hall–Kier alpha value is -1.49. The van der Waals surface area contributed by atoms with Crippen LogP contribution in [-0.4, -0.2) is 25.9 Å². The Balaban J connectivity index is 2.51. The van der Waals surface area contributed by atoms with Crippen LogP contribution in [0.1, 0.15) is 30.9 Å². The first-order valence-corrected chi connectivity index (χ1v) is 6.05. The maximum absolute atomic E-state index is 14.1. The molecule has 18 heavy (non-hydrogen) atoms. The zero-order valence-corrected chi connectivity index (χ0v) is 10.6. The van der Waals surface area contributed by atoms with E-state index in [4.69, 9.17) is 9.47 Å². The Bertz CT molecular complexity index is 431. The predicted molar refractivity (Wildman–Crippen MR) is 65.8 cm³/mol. The van der Waals surface area contributed by atoms with E-state index in [9.17, 15) is 9.50 Å². The van der Waals surface area contributed by atoms with E-state index in [-0.39, 0.29) is 6.04 Å². The minimum absolute atomic E-state index is 0.144. The van der Waals surface area contributed by atoms with Gasteiger partial charge in [0.25, 0.3) is 0 Å². The third-order valence-corrected chi connectivity index (χ3v) is 3.28. The molecular formula is C13H18FNO3. The lowest BCUT2D eigenvalue weighted by Crippen LogP contribution is -2.28. The summed E-state index contributed by atoms with van der Waals surface area (Å²) in [5.74, 6) is -0.340. The van der Waals surface area contributed by atoms with Crippen molar-refractivity contribution in [1.82, 2.24) is 5.32 Å². The third kappa shape index (κ3) is 2.22. The van der Waals surface area contributed by atoms with Gasteiger partial charge in [-0.15, -0.1) is 0 Å². The van der Waals surface area contributed by atoms with Crippen molar-refractivity contribution in [2.24, 2.45) is 0 Å². The summed E-state index contributed by atoms with van der Waals surface area (Å²) in [6.07, 6.45) is 2.93. The monoisotopic (exact) mass is 255 g/mol. The first-order chi connectivity index (χ1) is 8.69. The topological polar surface area (TPSA) is 50.7 Å². The van der Waals surface area contributed by atoms with Gasteiger partial charge in [-0.05, 0) is 19.4 Å². The Morgan fingerprint density at radius 1 is 1.33 bits per heavy atom. The van der Waals surface area contributed by atoms with E-state index >= 15 is 0 Å². The van der Waals surface area contributed by atoms with Crippen LogP contribution in [0.15, 0.2) is 6.07 Å². The highest BCUT2D eigenvalue weighted by atomic mass is 19.1. The second-order valence-electron chi connectivity index (χ2n) is 4.36. The average Bonchev–Trinajstić information content (AvgIpc) is 2.42. The maximum Gasteiger partial charge on any atom is 0.173 e. The van der Waals surface area contributed by atoms with Gasteiger partial charge < -0.3 is 19.9 Å². The molecule has 0 saturated carbocycles. The van der Waals surface area contributed by atoms with Crippen molar-refractivity contribution in [1.29, 1.82) is 0 Å². The Morgan fingerprint density at radius 2 is 2.11 bits per heavy atom. The highest BCUT2D eigenvalue weighted by Gasteiger charge is 2.27. The van der Waals surface area contributed by atoms with Crippen LogP contribution in [0.3, 0.4) is 0 Å². The van der Waals surface area contributed by atoms with Crippen LogP contribution < -0.4 is 14.8 Å². The fourth-order valence-electron chi connectivity index (χ4n) is 2.40. The Morgan fingerprint density at radius 3 is 2.67 bits per heavy atom. The molecule has 1 aromatic rings. The summed E-state index contributed by atoms with van der Waals surface area (Å²) < 4.78 is 24.5. The number of nitrogens with one attached hydrogen (secondary N) is 1. The van der Waals surface area contributed by atoms with Crippen LogP contribution in [0, 0.1) is 5.82 Å². The van der Waals surface area contributed by atoms with Gasteiger partial charge in [0.2, 0.25) is 0 Å². The fourth-order valence-corrected chi connectivity index (χ4v) is 2.40. The molecule has 1 heterocycles. The number of hydrogen-bond acceptors (Lipinski definition) is 4. The number of ether oxygens (including phenoxy) is 2. The van der Waals surface area contributed by atoms with E-state index in [2.05, 4.69) is 5.32 Å². The highest BCUT2D eigenvalue weighted by molar-refractivity contribution is 5.53. The minimum atomic E-state index is -0.632. The van der Waals surface area contributed by atoms with Gasteiger partial charge in [0, 0.05) is 12.1 Å². The van der Waals surface area contributed by atoms with Crippen LogP contribution in [0.4, 0.5) is 4.39 Å². The van der Waals surface area contributed by atoms with Crippen LogP contribution >= 0.6 is 0 Å². The number of aromatic hydroxyl groups is 1. The first-order valence-electron chi connectivity index (χ1n) is 6.05.